The van der Waals surface area contributed by atoms with Crippen LogP contribution in [0.3, 0.4) is 0 Å². The molecule has 0 amide bonds. The van der Waals surface area contributed by atoms with Gasteiger partial charge in [-0.2, -0.15) is 0 Å². The van der Waals surface area contributed by atoms with Gasteiger partial charge in [0.25, 0.3) is 0 Å². The fraction of sp³-hybridized carbons (Fsp3) is 0.250. The summed E-state index contributed by atoms with van der Waals surface area (Å²) in [7, 11) is 0. The summed E-state index contributed by atoms with van der Waals surface area (Å²) >= 11 is 6.78. The Balaban J connectivity index is 2.14. The zero-order valence-electron chi connectivity index (χ0n) is 12.1. The minimum absolute atomic E-state index is 0.145. The number of aromatic nitrogens is 1. The van der Waals surface area contributed by atoms with Crippen LogP contribution in [-0.4, -0.2) is 15.4 Å². The number of aromatic hydroxyl groups is 1. The Bertz CT molecular complexity index is 825. The molecule has 0 radical (unpaired) electrons. The van der Waals surface area contributed by atoms with Crippen molar-refractivity contribution in [3.63, 3.8) is 0 Å². The van der Waals surface area contributed by atoms with E-state index in [9.17, 15) is 5.11 Å². The third kappa shape index (κ3) is 2.36. The number of rotatable bonds is 2. The molecule has 108 valence electrons. The van der Waals surface area contributed by atoms with Crippen molar-refractivity contribution in [1.29, 1.82) is 0 Å². The molecule has 2 aromatic rings. The smallest absolute Gasteiger partial charge is 0.210 e. The SMILES string of the molecule is CC1=Nc2ccccc2/C1=C/c1sc(=S)n(C(C)C)c1O. The third-order valence-electron chi connectivity index (χ3n) is 3.51. The molecule has 5 heteroatoms. The number of aliphatic imine (C=N–C) groups is 1. The molecule has 3 rings (SSSR count). The molecule has 2 heterocycles. The molecule has 1 aliphatic heterocycles. The van der Waals surface area contributed by atoms with E-state index in [1.54, 1.807) is 4.57 Å². The average Bonchev–Trinajstić information content (AvgIpc) is 2.88. The monoisotopic (exact) mass is 316 g/mol. The normalized spacial score (nSPS) is 15.6. The van der Waals surface area contributed by atoms with E-state index in [0.717, 1.165) is 27.4 Å². The molecule has 1 aromatic carbocycles. The van der Waals surface area contributed by atoms with E-state index in [1.807, 2.05) is 45.0 Å². The summed E-state index contributed by atoms with van der Waals surface area (Å²) in [4.78, 5) is 5.35. The second-order valence-corrected chi connectivity index (χ2v) is 6.97. The summed E-state index contributed by atoms with van der Waals surface area (Å²) in [5, 5.41) is 10.4. The maximum absolute atomic E-state index is 10.4. The van der Waals surface area contributed by atoms with Gasteiger partial charge in [0.2, 0.25) is 5.88 Å². The highest BCUT2D eigenvalue weighted by Gasteiger charge is 2.19. The molecule has 1 aromatic heterocycles. The number of nitrogens with zero attached hydrogens (tertiary/aromatic N) is 2. The first-order valence-corrected chi connectivity index (χ1v) is 8.02. The molecule has 0 spiro atoms. The van der Waals surface area contributed by atoms with Gasteiger partial charge in [0.1, 0.15) is 0 Å². The van der Waals surface area contributed by atoms with Crippen molar-refractivity contribution in [3.8, 4) is 5.88 Å². The highest BCUT2D eigenvalue weighted by molar-refractivity contribution is 7.73. The second-order valence-electron chi connectivity index (χ2n) is 5.29. The molecule has 1 aliphatic rings. The first kappa shape index (κ1) is 14.2. The number of hydrogen-bond acceptors (Lipinski definition) is 4. The Morgan fingerprint density at radius 3 is 2.71 bits per heavy atom. The van der Waals surface area contributed by atoms with Crippen LogP contribution in [0.25, 0.3) is 11.6 Å². The van der Waals surface area contributed by atoms with Crippen molar-refractivity contribution in [1.82, 2.24) is 4.57 Å². The molecular weight excluding hydrogens is 300 g/mol. The highest BCUT2D eigenvalue weighted by Crippen LogP contribution is 2.38. The van der Waals surface area contributed by atoms with Gasteiger partial charge in [0.05, 0.1) is 10.6 Å². The Labute approximate surface area is 132 Å². The van der Waals surface area contributed by atoms with Crippen molar-refractivity contribution in [2.24, 2.45) is 4.99 Å². The molecule has 0 atom stereocenters. The molecule has 21 heavy (non-hydrogen) atoms. The Morgan fingerprint density at radius 1 is 1.33 bits per heavy atom. The van der Waals surface area contributed by atoms with Crippen LogP contribution in [0.15, 0.2) is 29.3 Å². The number of hydrogen-bond donors (Lipinski definition) is 1. The van der Waals surface area contributed by atoms with Crippen LogP contribution in [0.4, 0.5) is 5.69 Å². The number of para-hydroxylation sites is 1. The van der Waals surface area contributed by atoms with E-state index in [1.165, 1.54) is 11.3 Å². The Hall–Kier alpha value is -1.72. The van der Waals surface area contributed by atoms with E-state index >= 15 is 0 Å². The summed E-state index contributed by atoms with van der Waals surface area (Å²) in [6, 6.07) is 8.18. The summed E-state index contributed by atoms with van der Waals surface area (Å²) < 4.78 is 2.47. The summed E-state index contributed by atoms with van der Waals surface area (Å²) in [6.45, 7) is 6.01. The number of thiazole rings is 1. The quantitative estimate of drug-likeness (QED) is 0.772. The van der Waals surface area contributed by atoms with Gasteiger partial charge in [-0.05, 0) is 45.1 Å². The molecule has 0 bridgehead atoms. The third-order valence-corrected chi connectivity index (χ3v) is 4.84. The predicted molar refractivity (Wildman–Crippen MR) is 92.3 cm³/mol. The fourth-order valence-electron chi connectivity index (χ4n) is 2.49. The molecule has 0 unspecified atom stereocenters. The minimum Gasteiger partial charge on any atom is -0.493 e. The lowest BCUT2D eigenvalue weighted by atomic mass is 10.0. The summed E-state index contributed by atoms with van der Waals surface area (Å²) in [5.74, 6) is 0.240. The molecule has 0 fully saturated rings. The Kier molecular flexibility index (Phi) is 3.55. The molecule has 0 saturated heterocycles. The summed E-state index contributed by atoms with van der Waals surface area (Å²) in [5.41, 5.74) is 4.09. The van der Waals surface area contributed by atoms with Crippen LogP contribution in [-0.2, 0) is 0 Å². The van der Waals surface area contributed by atoms with E-state index < -0.39 is 0 Å². The van der Waals surface area contributed by atoms with Gasteiger partial charge in [-0.25, -0.2) is 0 Å². The number of benzene rings is 1. The lowest BCUT2D eigenvalue weighted by Gasteiger charge is -2.08. The molecule has 3 nitrogen and oxygen atoms in total. The zero-order valence-corrected chi connectivity index (χ0v) is 13.8. The van der Waals surface area contributed by atoms with Crippen LogP contribution < -0.4 is 0 Å². The van der Waals surface area contributed by atoms with Crippen molar-refractivity contribution in [2.75, 3.05) is 0 Å². The number of allylic oxidation sites excluding steroid dienone is 1. The van der Waals surface area contributed by atoms with Crippen molar-refractivity contribution in [3.05, 3.63) is 38.7 Å². The first-order valence-electron chi connectivity index (χ1n) is 6.80. The first-order chi connectivity index (χ1) is 9.99. The fourth-order valence-corrected chi connectivity index (χ4v) is 4.01. The van der Waals surface area contributed by atoms with Gasteiger partial charge < -0.3 is 5.11 Å². The Morgan fingerprint density at radius 2 is 2.05 bits per heavy atom. The van der Waals surface area contributed by atoms with Crippen LogP contribution >= 0.6 is 23.6 Å². The van der Waals surface area contributed by atoms with Crippen LogP contribution in [0.1, 0.15) is 37.3 Å². The molecule has 1 N–H and O–H groups in total. The lowest BCUT2D eigenvalue weighted by molar-refractivity contribution is 0.397. The summed E-state index contributed by atoms with van der Waals surface area (Å²) in [6.07, 6.45) is 1.99. The average molecular weight is 316 g/mol. The van der Waals surface area contributed by atoms with Gasteiger partial charge >= 0.3 is 0 Å². The van der Waals surface area contributed by atoms with Gasteiger partial charge in [-0.3, -0.25) is 9.56 Å². The standard InChI is InChI=1S/C16H16N2OS2/c1-9(2)18-15(19)14(21-16(18)20)8-12-10(3)17-13-7-5-4-6-11(12)13/h4-9,19H,1-3H3/b12-8+. The van der Waals surface area contributed by atoms with Gasteiger partial charge in [-0.1, -0.05) is 18.2 Å². The van der Waals surface area contributed by atoms with E-state index in [0.29, 0.717) is 3.95 Å². The maximum atomic E-state index is 10.4. The second kappa shape index (κ2) is 5.24. The number of fused-ring (bicyclic) bond motifs is 1. The van der Waals surface area contributed by atoms with Gasteiger partial charge in [-0.15, -0.1) is 11.3 Å². The van der Waals surface area contributed by atoms with Crippen molar-refractivity contribution in [2.45, 2.75) is 26.8 Å². The van der Waals surface area contributed by atoms with Crippen molar-refractivity contribution < 1.29 is 5.11 Å². The zero-order chi connectivity index (χ0) is 15.1. The van der Waals surface area contributed by atoms with E-state index in [-0.39, 0.29) is 11.9 Å². The van der Waals surface area contributed by atoms with E-state index in [4.69, 9.17) is 12.2 Å². The van der Waals surface area contributed by atoms with Gasteiger partial charge in [0.15, 0.2) is 3.95 Å². The topological polar surface area (TPSA) is 37.5 Å². The van der Waals surface area contributed by atoms with Crippen LogP contribution in [0, 0.1) is 3.95 Å². The van der Waals surface area contributed by atoms with Crippen LogP contribution in [0.2, 0.25) is 0 Å². The van der Waals surface area contributed by atoms with Crippen LogP contribution in [0.5, 0.6) is 5.88 Å². The lowest BCUT2D eigenvalue weighted by Crippen LogP contribution is -1.99. The maximum Gasteiger partial charge on any atom is 0.210 e. The van der Waals surface area contributed by atoms with E-state index in [2.05, 4.69) is 11.1 Å². The van der Waals surface area contributed by atoms with Crippen molar-refractivity contribution >= 4 is 46.6 Å². The molecule has 0 aliphatic carbocycles. The van der Waals surface area contributed by atoms with Gasteiger partial charge in [0, 0.05) is 22.9 Å². The molecule has 0 saturated carbocycles. The highest BCUT2D eigenvalue weighted by atomic mass is 32.1. The molecular formula is C16H16N2OS2. The minimum atomic E-state index is 0.145. The predicted octanol–water partition coefficient (Wildman–Crippen LogP) is 5.21. The largest absolute Gasteiger partial charge is 0.493 e.